The van der Waals surface area contributed by atoms with Gasteiger partial charge in [0.05, 0.1) is 5.54 Å². The molecule has 2 aliphatic rings. The standard InChI is InChI=1S/C7H11N3O/c8-5-7(3-1-2-4-7)10-6(11)9-5/h1-4H2,(H3,8,9,10,11). The van der Waals surface area contributed by atoms with Crippen LogP contribution < -0.4 is 11.1 Å². The van der Waals surface area contributed by atoms with Gasteiger partial charge in [-0.05, 0) is 12.8 Å². The number of amides is 2. The normalized spacial score (nSPS) is 27.3. The van der Waals surface area contributed by atoms with Crippen molar-refractivity contribution in [2.45, 2.75) is 31.2 Å². The molecular formula is C7H11N3O. The molecule has 0 radical (unpaired) electrons. The van der Waals surface area contributed by atoms with E-state index in [0.29, 0.717) is 5.84 Å². The minimum atomic E-state index is -0.274. The highest BCUT2D eigenvalue weighted by atomic mass is 16.2. The molecule has 60 valence electrons. The SMILES string of the molecule is NC1=NC(=O)NC12CCCC2. The summed E-state index contributed by atoms with van der Waals surface area (Å²) in [7, 11) is 0. The Morgan fingerprint density at radius 2 is 2.09 bits per heavy atom. The van der Waals surface area contributed by atoms with E-state index >= 15 is 0 Å². The van der Waals surface area contributed by atoms with Crippen molar-refractivity contribution in [2.75, 3.05) is 0 Å². The molecule has 1 aliphatic carbocycles. The summed E-state index contributed by atoms with van der Waals surface area (Å²) in [5.41, 5.74) is 5.38. The lowest BCUT2D eigenvalue weighted by atomic mass is 9.98. The molecule has 3 N–H and O–H groups in total. The zero-order valence-corrected chi connectivity index (χ0v) is 6.26. The number of nitrogens with one attached hydrogen (secondary N) is 1. The number of amidine groups is 1. The highest BCUT2D eigenvalue weighted by Gasteiger charge is 2.43. The van der Waals surface area contributed by atoms with Gasteiger partial charge in [-0.2, -0.15) is 4.99 Å². The van der Waals surface area contributed by atoms with Crippen LogP contribution in [0.5, 0.6) is 0 Å². The first kappa shape index (κ1) is 6.64. The molecule has 4 nitrogen and oxygen atoms in total. The Kier molecular flexibility index (Phi) is 1.19. The van der Waals surface area contributed by atoms with E-state index in [1.54, 1.807) is 0 Å². The molecule has 0 unspecified atom stereocenters. The molecular weight excluding hydrogens is 142 g/mol. The van der Waals surface area contributed by atoms with Crippen LogP contribution >= 0.6 is 0 Å². The van der Waals surface area contributed by atoms with Crippen LogP contribution in [0.4, 0.5) is 4.79 Å². The van der Waals surface area contributed by atoms with Crippen LogP contribution in [-0.2, 0) is 0 Å². The molecule has 2 rings (SSSR count). The van der Waals surface area contributed by atoms with Crippen LogP contribution in [-0.4, -0.2) is 17.4 Å². The highest BCUT2D eigenvalue weighted by molar-refractivity contribution is 6.05. The predicted octanol–water partition coefficient (Wildman–Crippen LogP) is 0.380. The first-order valence-corrected chi connectivity index (χ1v) is 3.90. The molecule has 0 saturated heterocycles. The predicted molar refractivity (Wildman–Crippen MR) is 41.4 cm³/mol. The Morgan fingerprint density at radius 3 is 2.55 bits per heavy atom. The lowest BCUT2D eigenvalue weighted by molar-refractivity contribution is 0.246. The highest BCUT2D eigenvalue weighted by Crippen LogP contribution is 2.32. The summed E-state index contributed by atoms with van der Waals surface area (Å²) in [5, 5.41) is 2.81. The summed E-state index contributed by atoms with van der Waals surface area (Å²) < 4.78 is 0. The first-order valence-electron chi connectivity index (χ1n) is 3.90. The number of carbonyl (C=O) groups excluding carboxylic acids is 1. The zero-order valence-electron chi connectivity index (χ0n) is 6.26. The van der Waals surface area contributed by atoms with Gasteiger partial charge in [0.2, 0.25) is 0 Å². The molecule has 4 heteroatoms. The molecule has 0 aromatic carbocycles. The molecule has 2 amide bonds. The molecule has 0 aromatic heterocycles. The van der Waals surface area contributed by atoms with Gasteiger partial charge in [-0.25, -0.2) is 4.79 Å². The molecule has 1 heterocycles. The lowest BCUT2D eigenvalue weighted by Crippen LogP contribution is -2.49. The fourth-order valence-corrected chi connectivity index (χ4v) is 1.87. The van der Waals surface area contributed by atoms with Crippen LogP contribution in [0.15, 0.2) is 4.99 Å². The second-order valence-corrected chi connectivity index (χ2v) is 3.22. The topological polar surface area (TPSA) is 67.5 Å². The summed E-state index contributed by atoms with van der Waals surface area (Å²) in [6.45, 7) is 0. The molecule has 1 fully saturated rings. The van der Waals surface area contributed by atoms with Crippen LogP contribution in [0.3, 0.4) is 0 Å². The van der Waals surface area contributed by atoms with E-state index < -0.39 is 0 Å². The van der Waals surface area contributed by atoms with Crippen molar-refractivity contribution < 1.29 is 4.79 Å². The monoisotopic (exact) mass is 153 g/mol. The second-order valence-electron chi connectivity index (χ2n) is 3.22. The van der Waals surface area contributed by atoms with Crippen molar-refractivity contribution in [2.24, 2.45) is 10.7 Å². The van der Waals surface area contributed by atoms with Crippen LogP contribution in [0.25, 0.3) is 0 Å². The molecule has 1 saturated carbocycles. The summed E-state index contributed by atoms with van der Waals surface area (Å²) in [6.07, 6.45) is 4.18. The minimum absolute atomic E-state index is 0.253. The van der Waals surface area contributed by atoms with Crippen LogP contribution in [0.2, 0.25) is 0 Å². The second kappa shape index (κ2) is 1.96. The van der Waals surface area contributed by atoms with Crippen molar-refractivity contribution in [1.29, 1.82) is 0 Å². The Hall–Kier alpha value is -1.06. The largest absolute Gasteiger partial charge is 0.385 e. The Balaban J connectivity index is 2.28. The van der Waals surface area contributed by atoms with E-state index in [4.69, 9.17) is 5.73 Å². The fraction of sp³-hybridized carbons (Fsp3) is 0.714. The van der Waals surface area contributed by atoms with Gasteiger partial charge in [0.15, 0.2) is 0 Å². The average molecular weight is 153 g/mol. The fourth-order valence-electron chi connectivity index (χ4n) is 1.87. The van der Waals surface area contributed by atoms with E-state index in [0.717, 1.165) is 25.7 Å². The maximum Gasteiger partial charge on any atom is 0.343 e. The van der Waals surface area contributed by atoms with Gasteiger partial charge in [-0.1, -0.05) is 12.8 Å². The Bertz CT molecular complexity index is 228. The van der Waals surface area contributed by atoms with E-state index in [2.05, 4.69) is 10.3 Å². The number of hydrogen-bond donors (Lipinski definition) is 2. The maximum absolute atomic E-state index is 10.8. The summed E-state index contributed by atoms with van der Waals surface area (Å²) in [4.78, 5) is 14.5. The number of aliphatic imine (C=N–C) groups is 1. The van der Waals surface area contributed by atoms with Gasteiger partial charge in [0, 0.05) is 0 Å². The number of hydrogen-bond acceptors (Lipinski definition) is 2. The van der Waals surface area contributed by atoms with Gasteiger partial charge in [-0.3, -0.25) is 0 Å². The Labute approximate surface area is 64.9 Å². The van der Waals surface area contributed by atoms with E-state index in [1.807, 2.05) is 0 Å². The van der Waals surface area contributed by atoms with Crippen molar-refractivity contribution in [3.63, 3.8) is 0 Å². The summed E-state index contributed by atoms with van der Waals surface area (Å²) in [5.74, 6) is 0.486. The number of nitrogens with zero attached hydrogens (tertiary/aromatic N) is 1. The summed E-state index contributed by atoms with van der Waals surface area (Å²) >= 11 is 0. The van der Waals surface area contributed by atoms with Gasteiger partial charge in [-0.15, -0.1) is 0 Å². The number of rotatable bonds is 0. The van der Waals surface area contributed by atoms with Crippen LogP contribution in [0, 0.1) is 0 Å². The third kappa shape index (κ3) is 0.818. The number of urea groups is 1. The zero-order chi connectivity index (χ0) is 7.90. The third-order valence-corrected chi connectivity index (χ3v) is 2.52. The van der Waals surface area contributed by atoms with Gasteiger partial charge >= 0.3 is 6.03 Å². The van der Waals surface area contributed by atoms with E-state index in [-0.39, 0.29) is 11.6 Å². The van der Waals surface area contributed by atoms with Crippen molar-refractivity contribution in [1.82, 2.24) is 5.32 Å². The Morgan fingerprint density at radius 1 is 1.45 bits per heavy atom. The minimum Gasteiger partial charge on any atom is -0.385 e. The van der Waals surface area contributed by atoms with E-state index in [1.165, 1.54) is 0 Å². The lowest BCUT2D eigenvalue weighted by Gasteiger charge is -2.21. The third-order valence-electron chi connectivity index (χ3n) is 2.52. The molecule has 11 heavy (non-hydrogen) atoms. The van der Waals surface area contributed by atoms with Crippen molar-refractivity contribution in [3.8, 4) is 0 Å². The maximum atomic E-state index is 10.8. The molecule has 1 spiro atoms. The molecule has 1 aliphatic heterocycles. The van der Waals surface area contributed by atoms with Crippen molar-refractivity contribution in [3.05, 3.63) is 0 Å². The van der Waals surface area contributed by atoms with E-state index in [9.17, 15) is 4.79 Å². The van der Waals surface area contributed by atoms with Gasteiger partial charge < -0.3 is 11.1 Å². The van der Waals surface area contributed by atoms with Gasteiger partial charge in [0.25, 0.3) is 0 Å². The first-order chi connectivity index (χ1) is 5.23. The van der Waals surface area contributed by atoms with Crippen LogP contribution in [0.1, 0.15) is 25.7 Å². The average Bonchev–Trinajstić information content (AvgIpc) is 2.45. The number of carbonyl (C=O) groups is 1. The van der Waals surface area contributed by atoms with Crippen molar-refractivity contribution >= 4 is 11.9 Å². The number of nitrogens with two attached hydrogens (primary N) is 1. The molecule has 0 atom stereocenters. The quantitative estimate of drug-likeness (QED) is 0.528. The summed E-state index contributed by atoms with van der Waals surface area (Å²) in [6, 6.07) is -0.274. The molecule has 0 bridgehead atoms. The molecule has 0 aromatic rings. The smallest absolute Gasteiger partial charge is 0.343 e. The van der Waals surface area contributed by atoms with Gasteiger partial charge in [0.1, 0.15) is 5.84 Å².